The summed E-state index contributed by atoms with van der Waals surface area (Å²) in [6.45, 7) is 4.65. The Hall–Kier alpha value is -3.07. The zero-order valence-electron chi connectivity index (χ0n) is 15.6. The number of benzene rings is 1. The summed E-state index contributed by atoms with van der Waals surface area (Å²) in [5.74, 6) is 0.560. The highest BCUT2D eigenvalue weighted by Gasteiger charge is 2.35. The first kappa shape index (κ1) is 18.3. The number of carbonyl (C=O) groups is 2. The van der Waals surface area contributed by atoms with Crippen molar-refractivity contribution >= 4 is 23.6 Å². The van der Waals surface area contributed by atoms with Crippen LogP contribution in [0.2, 0.25) is 0 Å². The number of aromatic nitrogens is 2. The SMILES string of the molecule is C[C@H]1CN(C(=O)O)c2cc(-c3cnn(C[C@@H]4CCNC4)c3)ccc2N1C(=O)O. The second kappa shape index (κ2) is 7.16. The molecule has 2 aromatic rings. The molecule has 0 aliphatic carbocycles. The third-order valence-electron chi connectivity index (χ3n) is 5.42. The smallest absolute Gasteiger partial charge is 0.412 e. The van der Waals surface area contributed by atoms with Crippen LogP contribution in [-0.4, -0.2) is 57.9 Å². The fraction of sp³-hybridized carbons (Fsp3) is 0.421. The largest absolute Gasteiger partial charge is 0.465 e. The van der Waals surface area contributed by atoms with Crippen molar-refractivity contribution in [3.05, 3.63) is 30.6 Å². The van der Waals surface area contributed by atoms with Crippen LogP contribution in [0.4, 0.5) is 21.0 Å². The monoisotopic (exact) mass is 385 g/mol. The number of anilines is 2. The van der Waals surface area contributed by atoms with Crippen molar-refractivity contribution < 1.29 is 19.8 Å². The molecule has 1 aromatic carbocycles. The molecule has 2 aliphatic rings. The van der Waals surface area contributed by atoms with Gasteiger partial charge >= 0.3 is 12.2 Å². The fourth-order valence-corrected chi connectivity index (χ4v) is 4.02. The van der Waals surface area contributed by atoms with Crippen molar-refractivity contribution in [2.24, 2.45) is 5.92 Å². The molecule has 1 fully saturated rings. The lowest BCUT2D eigenvalue weighted by molar-refractivity contribution is 0.194. The van der Waals surface area contributed by atoms with Gasteiger partial charge in [-0.25, -0.2) is 9.59 Å². The lowest BCUT2D eigenvalue weighted by atomic mass is 10.0. The summed E-state index contributed by atoms with van der Waals surface area (Å²) >= 11 is 0. The predicted molar refractivity (Wildman–Crippen MR) is 104 cm³/mol. The van der Waals surface area contributed by atoms with E-state index in [0.717, 1.165) is 37.2 Å². The van der Waals surface area contributed by atoms with Gasteiger partial charge in [0.2, 0.25) is 0 Å². The van der Waals surface area contributed by atoms with Gasteiger partial charge in [-0.15, -0.1) is 0 Å². The number of hydrogen-bond donors (Lipinski definition) is 3. The average Bonchev–Trinajstić information content (AvgIpc) is 3.32. The van der Waals surface area contributed by atoms with Crippen molar-refractivity contribution in [2.75, 3.05) is 29.4 Å². The Morgan fingerprint density at radius 3 is 2.71 bits per heavy atom. The number of fused-ring (bicyclic) bond motifs is 1. The third kappa shape index (κ3) is 3.29. The normalized spacial score (nSPS) is 21.6. The number of amides is 2. The van der Waals surface area contributed by atoms with Gasteiger partial charge in [-0.1, -0.05) is 6.07 Å². The Kier molecular flexibility index (Phi) is 4.68. The van der Waals surface area contributed by atoms with Gasteiger partial charge in [-0.2, -0.15) is 5.10 Å². The minimum atomic E-state index is -1.10. The molecular weight excluding hydrogens is 362 g/mol. The Bertz CT molecular complexity index is 905. The molecule has 9 nitrogen and oxygen atoms in total. The van der Waals surface area contributed by atoms with Crippen LogP contribution in [0.15, 0.2) is 30.6 Å². The molecular formula is C19H23N5O4. The molecule has 3 heterocycles. The molecule has 0 saturated carbocycles. The van der Waals surface area contributed by atoms with Crippen LogP contribution in [0.25, 0.3) is 11.1 Å². The molecule has 2 aliphatic heterocycles. The van der Waals surface area contributed by atoms with E-state index in [1.807, 2.05) is 16.9 Å². The summed E-state index contributed by atoms with van der Waals surface area (Å²) in [6.07, 6.45) is 2.65. The third-order valence-corrected chi connectivity index (χ3v) is 5.42. The summed E-state index contributed by atoms with van der Waals surface area (Å²) in [5.41, 5.74) is 2.43. The highest BCUT2D eigenvalue weighted by molar-refractivity contribution is 6.00. The van der Waals surface area contributed by atoms with E-state index in [1.165, 1.54) is 9.80 Å². The van der Waals surface area contributed by atoms with Gasteiger partial charge in [0.25, 0.3) is 0 Å². The van der Waals surface area contributed by atoms with Crippen LogP contribution in [0.3, 0.4) is 0 Å². The first-order chi connectivity index (χ1) is 13.4. The molecule has 0 radical (unpaired) electrons. The van der Waals surface area contributed by atoms with Crippen molar-refractivity contribution in [1.82, 2.24) is 15.1 Å². The molecule has 9 heteroatoms. The minimum absolute atomic E-state index is 0.0893. The Balaban J connectivity index is 1.67. The van der Waals surface area contributed by atoms with Gasteiger partial charge in [0.15, 0.2) is 0 Å². The van der Waals surface area contributed by atoms with E-state index in [9.17, 15) is 19.8 Å². The quantitative estimate of drug-likeness (QED) is 0.749. The van der Waals surface area contributed by atoms with Crippen LogP contribution in [0.5, 0.6) is 0 Å². The zero-order valence-corrected chi connectivity index (χ0v) is 15.6. The molecule has 3 N–H and O–H groups in total. The van der Waals surface area contributed by atoms with Gasteiger partial charge < -0.3 is 15.5 Å². The Morgan fingerprint density at radius 2 is 2.04 bits per heavy atom. The maximum Gasteiger partial charge on any atom is 0.412 e. The van der Waals surface area contributed by atoms with Gasteiger partial charge in [0, 0.05) is 18.3 Å². The van der Waals surface area contributed by atoms with Crippen molar-refractivity contribution in [1.29, 1.82) is 0 Å². The fourth-order valence-electron chi connectivity index (χ4n) is 4.02. The van der Waals surface area contributed by atoms with Crippen molar-refractivity contribution in [3.63, 3.8) is 0 Å². The van der Waals surface area contributed by atoms with Crippen LogP contribution in [-0.2, 0) is 6.54 Å². The van der Waals surface area contributed by atoms with Crippen LogP contribution >= 0.6 is 0 Å². The predicted octanol–water partition coefficient (Wildman–Crippen LogP) is 2.53. The maximum absolute atomic E-state index is 11.7. The summed E-state index contributed by atoms with van der Waals surface area (Å²) in [4.78, 5) is 25.8. The molecule has 0 spiro atoms. The van der Waals surface area contributed by atoms with Gasteiger partial charge in [-0.05, 0) is 50.0 Å². The Labute approximate surface area is 162 Å². The summed E-state index contributed by atoms with van der Waals surface area (Å²) in [5, 5.41) is 26.9. The number of carboxylic acid groups (broad SMARTS) is 2. The standard InChI is InChI=1S/C19H23N5O4/c1-12-9-23(18(25)26)17-6-14(2-3-16(17)24(12)19(27)28)15-8-21-22(11-15)10-13-4-5-20-7-13/h2-3,6,8,11-13,20H,4-5,7,9-10H2,1H3,(H,25,26)(H,27,28)/t12-,13+/m0/s1. The summed E-state index contributed by atoms with van der Waals surface area (Å²) in [6, 6.07) is 4.74. The van der Waals surface area contributed by atoms with E-state index in [2.05, 4.69) is 10.4 Å². The summed E-state index contributed by atoms with van der Waals surface area (Å²) < 4.78 is 1.91. The Morgan fingerprint density at radius 1 is 1.21 bits per heavy atom. The molecule has 2 atom stereocenters. The highest BCUT2D eigenvalue weighted by Crippen LogP contribution is 2.38. The minimum Gasteiger partial charge on any atom is -0.465 e. The molecule has 0 bridgehead atoms. The second-order valence-electron chi connectivity index (χ2n) is 7.41. The van der Waals surface area contributed by atoms with Crippen LogP contribution < -0.4 is 15.1 Å². The molecule has 148 valence electrons. The molecule has 4 rings (SSSR count). The molecule has 28 heavy (non-hydrogen) atoms. The first-order valence-electron chi connectivity index (χ1n) is 9.34. The molecule has 1 aromatic heterocycles. The van der Waals surface area contributed by atoms with Gasteiger partial charge in [0.1, 0.15) is 0 Å². The van der Waals surface area contributed by atoms with Gasteiger partial charge in [-0.3, -0.25) is 14.5 Å². The lowest BCUT2D eigenvalue weighted by Crippen LogP contribution is -2.51. The van der Waals surface area contributed by atoms with E-state index >= 15 is 0 Å². The number of hydrogen-bond acceptors (Lipinski definition) is 4. The van der Waals surface area contributed by atoms with E-state index in [1.54, 1.807) is 25.3 Å². The van der Waals surface area contributed by atoms with E-state index in [4.69, 9.17) is 0 Å². The van der Waals surface area contributed by atoms with Crippen LogP contribution in [0.1, 0.15) is 13.3 Å². The number of rotatable bonds is 3. The van der Waals surface area contributed by atoms with E-state index in [-0.39, 0.29) is 6.54 Å². The van der Waals surface area contributed by atoms with Crippen molar-refractivity contribution in [3.8, 4) is 11.1 Å². The number of nitrogens with one attached hydrogen (secondary N) is 1. The van der Waals surface area contributed by atoms with E-state index in [0.29, 0.717) is 17.3 Å². The molecule has 0 unspecified atom stereocenters. The first-order valence-corrected chi connectivity index (χ1v) is 9.34. The van der Waals surface area contributed by atoms with E-state index < -0.39 is 18.2 Å². The highest BCUT2D eigenvalue weighted by atomic mass is 16.4. The topological polar surface area (TPSA) is 111 Å². The zero-order chi connectivity index (χ0) is 19.8. The number of nitrogens with zero attached hydrogens (tertiary/aromatic N) is 4. The average molecular weight is 385 g/mol. The molecule has 2 amide bonds. The lowest BCUT2D eigenvalue weighted by Gasteiger charge is -2.38. The van der Waals surface area contributed by atoms with Gasteiger partial charge in [0.05, 0.1) is 30.2 Å². The van der Waals surface area contributed by atoms with Crippen LogP contribution in [0, 0.1) is 5.92 Å². The van der Waals surface area contributed by atoms with Crippen molar-refractivity contribution in [2.45, 2.75) is 25.9 Å². The maximum atomic E-state index is 11.7. The molecule has 1 saturated heterocycles. The second-order valence-corrected chi connectivity index (χ2v) is 7.41. The summed E-state index contributed by atoms with van der Waals surface area (Å²) in [7, 11) is 0.